The van der Waals surface area contributed by atoms with Gasteiger partial charge in [0.05, 0.1) is 18.5 Å². The van der Waals surface area contributed by atoms with Gasteiger partial charge in [-0.15, -0.1) is 0 Å². The van der Waals surface area contributed by atoms with Crippen molar-refractivity contribution < 1.29 is 4.74 Å². The second-order valence-electron chi connectivity index (χ2n) is 6.63. The van der Waals surface area contributed by atoms with E-state index in [1.807, 2.05) is 6.33 Å². The van der Waals surface area contributed by atoms with Crippen LogP contribution in [0.15, 0.2) is 12.7 Å². The lowest BCUT2D eigenvalue weighted by molar-refractivity contribution is -0.0549. The summed E-state index contributed by atoms with van der Waals surface area (Å²) in [5.41, 5.74) is 1.86. The van der Waals surface area contributed by atoms with Crippen molar-refractivity contribution in [1.82, 2.24) is 19.5 Å². The van der Waals surface area contributed by atoms with Gasteiger partial charge >= 0.3 is 0 Å². The van der Waals surface area contributed by atoms with E-state index in [0.717, 1.165) is 55.9 Å². The first-order chi connectivity index (χ1) is 11.3. The zero-order chi connectivity index (χ0) is 15.6. The molecule has 4 rings (SSSR count). The summed E-state index contributed by atoms with van der Waals surface area (Å²) in [5.74, 6) is 0.978. The molecule has 6 heteroatoms. The fraction of sp³-hybridized carbons (Fsp3) is 0.706. The van der Waals surface area contributed by atoms with Crippen molar-refractivity contribution in [2.45, 2.75) is 64.2 Å². The van der Waals surface area contributed by atoms with E-state index in [1.54, 1.807) is 6.33 Å². The van der Waals surface area contributed by atoms with E-state index in [9.17, 15) is 0 Å². The van der Waals surface area contributed by atoms with Gasteiger partial charge in [0.1, 0.15) is 6.33 Å². The first-order valence-corrected chi connectivity index (χ1v) is 8.91. The minimum absolute atomic E-state index is 0.413. The van der Waals surface area contributed by atoms with Crippen LogP contribution < -0.4 is 4.90 Å². The number of hydrogen-bond acceptors (Lipinski definition) is 5. The van der Waals surface area contributed by atoms with E-state index >= 15 is 0 Å². The van der Waals surface area contributed by atoms with Gasteiger partial charge in [-0.25, -0.2) is 15.0 Å². The summed E-state index contributed by atoms with van der Waals surface area (Å²) < 4.78 is 8.29. The molecule has 6 nitrogen and oxygen atoms in total. The van der Waals surface area contributed by atoms with Crippen LogP contribution in [0.3, 0.4) is 0 Å². The van der Waals surface area contributed by atoms with Crippen molar-refractivity contribution in [2.75, 3.05) is 18.0 Å². The smallest absolute Gasteiger partial charge is 0.165 e. The van der Waals surface area contributed by atoms with Crippen LogP contribution in [0, 0.1) is 0 Å². The summed E-state index contributed by atoms with van der Waals surface area (Å²) in [6, 6.07) is 0. The fourth-order valence-corrected chi connectivity index (χ4v) is 3.52. The third-order valence-corrected chi connectivity index (χ3v) is 5.13. The Morgan fingerprint density at radius 1 is 1.04 bits per heavy atom. The van der Waals surface area contributed by atoms with Crippen LogP contribution in [-0.4, -0.2) is 44.8 Å². The van der Waals surface area contributed by atoms with Crippen LogP contribution in [-0.2, 0) is 11.3 Å². The molecule has 2 aromatic rings. The van der Waals surface area contributed by atoms with E-state index in [1.165, 1.54) is 19.3 Å². The van der Waals surface area contributed by atoms with E-state index in [0.29, 0.717) is 12.2 Å². The molecule has 0 N–H and O–H groups in total. The lowest BCUT2D eigenvalue weighted by Crippen LogP contribution is -2.29. The van der Waals surface area contributed by atoms with Crippen molar-refractivity contribution in [3.8, 4) is 0 Å². The van der Waals surface area contributed by atoms with Crippen molar-refractivity contribution in [1.29, 1.82) is 0 Å². The minimum Gasteiger partial charge on any atom is -0.375 e. The molecule has 1 atom stereocenters. The number of imidazole rings is 1. The van der Waals surface area contributed by atoms with Gasteiger partial charge in [0, 0.05) is 19.6 Å². The average molecular weight is 315 g/mol. The largest absolute Gasteiger partial charge is 0.375 e. The second kappa shape index (κ2) is 6.43. The molecular weight excluding hydrogens is 290 g/mol. The molecule has 2 fully saturated rings. The topological polar surface area (TPSA) is 56.1 Å². The Kier molecular flexibility index (Phi) is 4.16. The third-order valence-electron chi connectivity index (χ3n) is 5.13. The Balaban J connectivity index is 1.50. The highest BCUT2D eigenvalue weighted by atomic mass is 16.5. The number of nitrogens with zero attached hydrogens (tertiary/aromatic N) is 5. The van der Waals surface area contributed by atoms with Crippen LogP contribution in [0.4, 0.5) is 5.82 Å². The lowest BCUT2D eigenvalue weighted by atomic mass is 9.95. The van der Waals surface area contributed by atoms with Crippen LogP contribution in [0.5, 0.6) is 0 Å². The first kappa shape index (κ1) is 14.9. The standard InChI is InChI=1S/C17H25N5O/c1-2-21-12-20-15-16(21)18-11-19-17(15)22-9-4-7-14(8-10-22)23-13-5-3-6-13/h11-14H,2-10H2,1H3. The van der Waals surface area contributed by atoms with Crippen molar-refractivity contribution in [2.24, 2.45) is 0 Å². The van der Waals surface area contributed by atoms with E-state index in [-0.39, 0.29) is 0 Å². The molecule has 124 valence electrons. The SMILES string of the molecule is CCn1cnc2c(N3CCCC(OC4CCC4)CC3)ncnc21. The van der Waals surface area contributed by atoms with Crippen molar-refractivity contribution in [3.63, 3.8) is 0 Å². The van der Waals surface area contributed by atoms with Crippen molar-refractivity contribution in [3.05, 3.63) is 12.7 Å². The number of rotatable bonds is 4. The van der Waals surface area contributed by atoms with Crippen molar-refractivity contribution >= 4 is 17.0 Å². The summed E-state index contributed by atoms with van der Waals surface area (Å²) >= 11 is 0. The zero-order valence-corrected chi connectivity index (χ0v) is 13.8. The van der Waals surface area contributed by atoms with Gasteiger partial charge in [0.15, 0.2) is 17.0 Å². The molecular formula is C17H25N5O. The zero-order valence-electron chi connectivity index (χ0n) is 13.8. The molecule has 1 unspecified atom stereocenters. The molecule has 1 saturated carbocycles. The monoisotopic (exact) mass is 315 g/mol. The van der Waals surface area contributed by atoms with E-state index in [2.05, 4.69) is 31.3 Å². The Morgan fingerprint density at radius 2 is 1.87 bits per heavy atom. The van der Waals surface area contributed by atoms with Crippen LogP contribution >= 0.6 is 0 Å². The molecule has 1 saturated heterocycles. The molecule has 2 aromatic heterocycles. The summed E-state index contributed by atoms with van der Waals surface area (Å²) in [5, 5.41) is 0. The summed E-state index contributed by atoms with van der Waals surface area (Å²) in [7, 11) is 0. The highest BCUT2D eigenvalue weighted by Crippen LogP contribution is 2.28. The average Bonchev–Trinajstić information content (AvgIpc) is 2.82. The number of aryl methyl sites for hydroxylation is 1. The summed E-state index contributed by atoms with van der Waals surface area (Å²) in [4.78, 5) is 15.8. The normalized spacial score (nSPS) is 23.0. The number of ether oxygens (including phenoxy) is 1. The second-order valence-corrected chi connectivity index (χ2v) is 6.63. The molecule has 3 heterocycles. The molecule has 0 radical (unpaired) electrons. The molecule has 0 spiro atoms. The molecule has 1 aliphatic heterocycles. The molecule has 0 bridgehead atoms. The maximum Gasteiger partial charge on any atom is 0.165 e. The van der Waals surface area contributed by atoms with Gasteiger partial charge in [0.25, 0.3) is 0 Å². The highest BCUT2D eigenvalue weighted by Gasteiger charge is 2.26. The molecule has 1 aliphatic carbocycles. The molecule has 2 aliphatic rings. The molecule has 23 heavy (non-hydrogen) atoms. The third kappa shape index (κ3) is 2.92. The van der Waals surface area contributed by atoms with Gasteiger partial charge in [-0.1, -0.05) is 0 Å². The van der Waals surface area contributed by atoms with E-state index in [4.69, 9.17) is 4.74 Å². The Hall–Kier alpha value is -1.69. The van der Waals surface area contributed by atoms with Crippen LogP contribution in [0.25, 0.3) is 11.2 Å². The summed E-state index contributed by atoms with van der Waals surface area (Å²) in [6.45, 7) is 5.00. The van der Waals surface area contributed by atoms with Gasteiger partial charge < -0.3 is 14.2 Å². The molecule has 0 amide bonds. The quantitative estimate of drug-likeness (QED) is 0.868. The van der Waals surface area contributed by atoms with E-state index < -0.39 is 0 Å². The lowest BCUT2D eigenvalue weighted by Gasteiger charge is -2.30. The number of anilines is 1. The predicted molar refractivity (Wildman–Crippen MR) is 89.6 cm³/mol. The Morgan fingerprint density at radius 3 is 2.65 bits per heavy atom. The number of fused-ring (bicyclic) bond motifs is 1. The van der Waals surface area contributed by atoms with Crippen LogP contribution in [0.1, 0.15) is 45.4 Å². The Bertz CT molecular complexity index is 666. The van der Waals surface area contributed by atoms with Gasteiger partial charge in [-0.3, -0.25) is 0 Å². The Labute approximate surface area is 136 Å². The van der Waals surface area contributed by atoms with Crippen LogP contribution in [0.2, 0.25) is 0 Å². The fourth-order valence-electron chi connectivity index (χ4n) is 3.52. The minimum atomic E-state index is 0.413. The van der Waals surface area contributed by atoms with Gasteiger partial charge in [-0.05, 0) is 45.4 Å². The predicted octanol–water partition coefficient (Wildman–Crippen LogP) is 2.77. The van der Waals surface area contributed by atoms with Gasteiger partial charge in [-0.2, -0.15) is 0 Å². The highest BCUT2D eigenvalue weighted by molar-refractivity contribution is 5.83. The number of aromatic nitrogens is 4. The maximum atomic E-state index is 6.22. The maximum absolute atomic E-state index is 6.22. The molecule has 0 aromatic carbocycles. The number of hydrogen-bond donors (Lipinski definition) is 0. The first-order valence-electron chi connectivity index (χ1n) is 8.91. The summed E-state index contributed by atoms with van der Waals surface area (Å²) in [6.07, 6.45) is 11.7. The van der Waals surface area contributed by atoms with Gasteiger partial charge in [0.2, 0.25) is 0 Å².